The lowest BCUT2D eigenvalue weighted by molar-refractivity contribution is 0.401. The Hall–Kier alpha value is -0.540. The van der Waals surface area contributed by atoms with E-state index in [1.54, 1.807) is 0 Å². The lowest BCUT2D eigenvalue weighted by atomic mass is 10.2. The second kappa shape index (κ2) is 6.92. The molecule has 1 rings (SSSR count). The van der Waals surface area contributed by atoms with E-state index in [0.29, 0.717) is 0 Å². The van der Waals surface area contributed by atoms with Crippen LogP contribution < -0.4 is 4.90 Å². The first-order valence-electron chi connectivity index (χ1n) is 5.65. The van der Waals surface area contributed by atoms with Crippen LogP contribution in [0.25, 0.3) is 0 Å². The minimum atomic E-state index is 0.918. The summed E-state index contributed by atoms with van der Waals surface area (Å²) in [6.07, 6.45) is 1.19. The maximum absolute atomic E-state index is 3.53. The highest BCUT2D eigenvalue weighted by atomic mass is 79.9. The van der Waals surface area contributed by atoms with Crippen LogP contribution in [0.15, 0.2) is 24.3 Å². The largest absolute Gasteiger partial charge is 0.374 e. The van der Waals surface area contributed by atoms with E-state index in [1.165, 1.54) is 17.7 Å². The average molecular weight is 285 g/mol. The van der Waals surface area contributed by atoms with Crippen molar-refractivity contribution in [1.29, 1.82) is 0 Å². The Kier molecular flexibility index (Phi) is 5.85. The highest BCUT2D eigenvalue weighted by molar-refractivity contribution is 9.08. The Morgan fingerprint density at radius 3 is 2.38 bits per heavy atom. The molecule has 90 valence electrons. The molecule has 1 aromatic carbocycles. The summed E-state index contributed by atoms with van der Waals surface area (Å²) in [5, 5.41) is 0.918. The van der Waals surface area contributed by atoms with Crippen molar-refractivity contribution < 1.29 is 0 Å². The van der Waals surface area contributed by atoms with Crippen molar-refractivity contribution in [3.05, 3.63) is 29.8 Å². The lowest BCUT2D eigenvalue weighted by Crippen LogP contribution is -2.24. The second-order valence-electron chi connectivity index (χ2n) is 4.34. The smallest absolute Gasteiger partial charge is 0.0404 e. The lowest BCUT2D eigenvalue weighted by Gasteiger charge is -2.22. The van der Waals surface area contributed by atoms with Gasteiger partial charge in [-0.05, 0) is 38.7 Å². The molecule has 0 aliphatic heterocycles. The summed E-state index contributed by atoms with van der Waals surface area (Å²) in [5.41, 5.74) is 2.69. The zero-order chi connectivity index (χ0) is 12.0. The Balaban J connectivity index is 2.55. The van der Waals surface area contributed by atoms with E-state index in [4.69, 9.17) is 0 Å². The van der Waals surface area contributed by atoms with Crippen LogP contribution >= 0.6 is 15.9 Å². The van der Waals surface area contributed by atoms with E-state index in [1.807, 2.05) is 0 Å². The van der Waals surface area contributed by atoms with Gasteiger partial charge in [-0.25, -0.2) is 0 Å². The van der Waals surface area contributed by atoms with Gasteiger partial charge in [-0.15, -0.1) is 0 Å². The first-order chi connectivity index (χ1) is 7.65. The maximum Gasteiger partial charge on any atom is 0.0404 e. The van der Waals surface area contributed by atoms with Crippen LogP contribution in [-0.4, -0.2) is 39.1 Å². The number of alkyl halides is 1. The molecule has 0 heterocycles. The van der Waals surface area contributed by atoms with Gasteiger partial charge in [0.05, 0.1) is 0 Å². The van der Waals surface area contributed by atoms with Crippen LogP contribution in [0.3, 0.4) is 0 Å². The van der Waals surface area contributed by atoms with Gasteiger partial charge in [0.15, 0.2) is 0 Å². The highest BCUT2D eigenvalue weighted by Gasteiger charge is 2.05. The molecule has 2 nitrogen and oxygen atoms in total. The van der Waals surface area contributed by atoms with Crippen LogP contribution in [0.5, 0.6) is 0 Å². The van der Waals surface area contributed by atoms with Crippen molar-refractivity contribution >= 4 is 21.6 Å². The summed E-state index contributed by atoms with van der Waals surface area (Å²) in [4.78, 5) is 4.56. The molecule has 0 radical (unpaired) electrons. The summed E-state index contributed by atoms with van der Waals surface area (Å²) in [7, 11) is 6.40. The number of anilines is 1. The van der Waals surface area contributed by atoms with Gasteiger partial charge >= 0.3 is 0 Å². The van der Waals surface area contributed by atoms with Gasteiger partial charge in [-0.3, -0.25) is 0 Å². The number of hydrogen-bond donors (Lipinski definition) is 0. The molecule has 0 aromatic heterocycles. The van der Waals surface area contributed by atoms with E-state index in [2.05, 4.69) is 71.1 Å². The number of hydrogen-bond acceptors (Lipinski definition) is 2. The van der Waals surface area contributed by atoms with Crippen LogP contribution in [0.2, 0.25) is 0 Å². The number of rotatable bonds is 6. The van der Waals surface area contributed by atoms with E-state index in [-0.39, 0.29) is 0 Å². The molecule has 0 spiro atoms. The quantitative estimate of drug-likeness (QED) is 0.741. The molecule has 0 aliphatic carbocycles. The standard InChI is InChI=1S/C13H21BrN2/c1-15(2)9-6-10-16(3)13-8-5-4-7-12(13)11-14/h4-5,7-8H,6,9-11H2,1-3H3. The molecular formula is C13H21BrN2. The van der Waals surface area contributed by atoms with Crippen molar-refractivity contribution in [3.63, 3.8) is 0 Å². The summed E-state index contributed by atoms with van der Waals surface area (Å²) in [5.74, 6) is 0. The SMILES string of the molecule is CN(C)CCCN(C)c1ccccc1CBr. The van der Waals surface area contributed by atoms with Crippen molar-refractivity contribution in [3.8, 4) is 0 Å². The summed E-state index contributed by atoms with van der Waals surface area (Å²) >= 11 is 3.53. The topological polar surface area (TPSA) is 6.48 Å². The molecule has 0 unspecified atom stereocenters. The molecule has 0 saturated carbocycles. The van der Waals surface area contributed by atoms with E-state index >= 15 is 0 Å². The maximum atomic E-state index is 3.53. The Labute approximate surface area is 107 Å². The third-order valence-corrected chi connectivity index (χ3v) is 3.25. The van der Waals surface area contributed by atoms with Crippen LogP contribution in [0.4, 0.5) is 5.69 Å². The fourth-order valence-corrected chi connectivity index (χ4v) is 2.21. The highest BCUT2D eigenvalue weighted by Crippen LogP contribution is 2.21. The molecule has 0 amide bonds. The van der Waals surface area contributed by atoms with Crippen molar-refractivity contribution in [2.24, 2.45) is 0 Å². The van der Waals surface area contributed by atoms with Gasteiger partial charge in [-0.2, -0.15) is 0 Å². The molecule has 0 N–H and O–H groups in total. The Morgan fingerprint density at radius 1 is 1.06 bits per heavy atom. The molecule has 0 bridgehead atoms. The molecule has 0 fully saturated rings. The van der Waals surface area contributed by atoms with Crippen LogP contribution in [0, 0.1) is 0 Å². The Bertz CT molecular complexity index is 313. The first-order valence-corrected chi connectivity index (χ1v) is 6.77. The predicted molar refractivity (Wildman–Crippen MR) is 75.5 cm³/mol. The van der Waals surface area contributed by atoms with Crippen LogP contribution in [-0.2, 0) is 5.33 Å². The normalized spacial score (nSPS) is 10.8. The number of para-hydroxylation sites is 1. The number of benzene rings is 1. The van der Waals surface area contributed by atoms with Gasteiger partial charge in [0.1, 0.15) is 0 Å². The molecule has 1 aromatic rings. The monoisotopic (exact) mass is 284 g/mol. The predicted octanol–water partition coefficient (Wildman–Crippen LogP) is 2.97. The molecule has 16 heavy (non-hydrogen) atoms. The average Bonchev–Trinajstić information content (AvgIpc) is 2.28. The molecule has 3 heteroatoms. The second-order valence-corrected chi connectivity index (χ2v) is 4.90. The Morgan fingerprint density at radius 2 is 1.75 bits per heavy atom. The van der Waals surface area contributed by atoms with Gasteiger partial charge in [0.2, 0.25) is 0 Å². The molecular weight excluding hydrogens is 264 g/mol. The third-order valence-electron chi connectivity index (χ3n) is 2.65. The zero-order valence-electron chi connectivity index (χ0n) is 10.4. The first kappa shape index (κ1) is 13.5. The summed E-state index contributed by atoms with van der Waals surface area (Å²) in [6.45, 7) is 2.24. The van der Waals surface area contributed by atoms with E-state index in [0.717, 1.165) is 18.4 Å². The molecule has 0 atom stereocenters. The fraction of sp³-hybridized carbons (Fsp3) is 0.538. The third kappa shape index (κ3) is 4.14. The van der Waals surface area contributed by atoms with Gasteiger partial charge in [-0.1, -0.05) is 34.1 Å². The van der Waals surface area contributed by atoms with Gasteiger partial charge < -0.3 is 9.80 Å². The van der Waals surface area contributed by atoms with E-state index in [9.17, 15) is 0 Å². The molecule has 0 saturated heterocycles. The minimum absolute atomic E-state index is 0.918. The van der Waals surface area contributed by atoms with Crippen LogP contribution in [0.1, 0.15) is 12.0 Å². The molecule has 0 aliphatic rings. The zero-order valence-corrected chi connectivity index (χ0v) is 12.0. The van der Waals surface area contributed by atoms with Gasteiger partial charge in [0.25, 0.3) is 0 Å². The number of nitrogens with zero attached hydrogens (tertiary/aromatic N) is 2. The van der Waals surface area contributed by atoms with E-state index < -0.39 is 0 Å². The fourth-order valence-electron chi connectivity index (χ4n) is 1.74. The van der Waals surface area contributed by atoms with Gasteiger partial charge in [0, 0.05) is 24.6 Å². The summed E-state index contributed by atoms with van der Waals surface area (Å²) < 4.78 is 0. The van der Waals surface area contributed by atoms with Crippen molar-refractivity contribution in [2.45, 2.75) is 11.8 Å². The number of halogens is 1. The van der Waals surface area contributed by atoms with Crippen molar-refractivity contribution in [2.75, 3.05) is 39.1 Å². The summed E-state index contributed by atoms with van der Waals surface area (Å²) in [6, 6.07) is 8.55. The minimum Gasteiger partial charge on any atom is -0.374 e. The van der Waals surface area contributed by atoms with Crippen molar-refractivity contribution in [1.82, 2.24) is 4.90 Å².